The fourth-order valence-corrected chi connectivity index (χ4v) is 12.6. The average Bonchev–Trinajstić information content (AvgIpc) is 0.841. The molecule has 2 rings (SSSR count). The van der Waals surface area contributed by atoms with Crippen molar-refractivity contribution in [1.82, 2.24) is 54.5 Å². The van der Waals surface area contributed by atoms with Crippen molar-refractivity contribution in [1.29, 1.82) is 0 Å². The highest BCUT2D eigenvalue weighted by molar-refractivity contribution is 6.00. The van der Waals surface area contributed by atoms with Gasteiger partial charge in [0.1, 0.15) is 42.1 Å². The monoisotopic (exact) mass is 1310 g/mol. The maximum absolute atomic E-state index is 15.5. The fraction of sp³-hybridized carbons (Fsp3) is 0.786. The standard InChI is InChI=1S/C70H121N11O12/c1-26-50-37-58(84)61(62(85)46(14)28-31-74(18)39-59-71-29-27-30-72-59)81(25)70(93)60(45(12)13)80(24)69(92)55(35-43(8)9)79(23)68(91)54(34-42(6)7)78(22)64(87)48(16)73-63(86)47(15)36-56(82)52(32-40(2)3)77(21)67(90)51(44(10)11)38-57(83)53(33-41(4)5)76(20)65(88)49(17)75(19)66(50)89/h27,29-30,40-55,60-62,85H,26,28,31-39H2,1-25H3,(H,73,86)/t46-,47+,48+,49-,50+,51-,52-,53+,54-,55-,60-,61+,62-/m1/s1. The van der Waals surface area contributed by atoms with E-state index in [9.17, 15) is 38.7 Å². The first kappa shape index (κ1) is 82.9. The van der Waals surface area contributed by atoms with Crippen molar-refractivity contribution in [2.75, 3.05) is 62.9 Å². The summed E-state index contributed by atoms with van der Waals surface area (Å²) in [5.74, 6) is -10.5. The molecule has 23 nitrogen and oxygen atoms in total. The highest BCUT2D eigenvalue weighted by atomic mass is 16.3. The van der Waals surface area contributed by atoms with Gasteiger partial charge in [0.15, 0.2) is 17.3 Å². The zero-order valence-corrected chi connectivity index (χ0v) is 61.4. The molecule has 13 atom stereocenters. The van der Waals surface area contributed by atoms with Crippen LogP contribution in [0.3, 0.4) is 0 Å². The number of nitrogens with one attached hydrogen (secondary N) is 1. The maximum atomic E-state index is 15.5. The molecule has 2 heterocycles. The molecule has 0 aliphatic carbocycles. The van der Waals surface area contributed by atoms with Gasteiger partial charge in [0.2, 0.25) is 47.3 Å². The highest BCUT2D eigenvalue weighted by Crippen LogP contribution is 2.30. The number of aliphatic hydroxyl groups excluding tert-OH is 1. The lowest BCUT2D eigenvalue weighted by Crippen LogP contribution is -2.62. The van der Waals surface area contributed by atoms with Gasteiger partial charge in [-0.25, -0.2) is 9.97 Å². The molecule has 528 valence electrons. The van der Waals surface area contributed by atoms with E-state index in [0.29, 0.717) is 25.3 Å². The maximum Gasteiger partial charge on any atom is 0.246 e. The molecule has 23 heteroatoms. The number of likely N-dealkylation sites (N-methyl/N-ethyl adjacent to an activating group) is 7. The Morgan fingerprint density at radius 3 is 1.40 bits per heavy atom. The van der Waals surface area contributed by atoms with Crippen molar-refractivity contribution in [2.45, 2.75) is 236 Å². The Bertz CT molecular complexity index is 2670. The van der Waals surface area contributed by atoms with Gasteiger partial charge in [0.05, 0.1) is 24.7 Å². The van der Waals surface area contributed by atoms with Crippen LogP contribution in [0.15, 0.2) is 18.5 Å². The Balaban J connectivity index is 3.01. The third-order valence-electron chi connectivity index (χ3n) is 18.8. The third kappa shape index (κ3) is 23.3. The molecule has 0 unspecified atom stereocenters. The molecule has 0 spiro atoms. The van der Waals surface area contributed by atoms with Gasteiger partial charge >= 0.3 is 0 Å². The lowest BCUT2D eigenvalue weighted by Gasteiger charge is -2.42. The smallest absolute Gasteiger partial charge is 0.246 e. The number of amides is 8. The number of hydrogen-bond donors (Lipinski definition) is 2. The molecule has 0 saturated carbocycles. The van der Waals surface area contributed by atoms with Gasteiger partial charge < -0.3 is 44.7 Å². The van der Waals surface area contributed by atoms with Crippen molar-refractivity contribution in [2.24, 2.45) is 59.2 Å². The van der Waals surface area contributed by atoms with Gasteiger partial charge in [-0.2, -0.15) is 0 Å². The van der Waals surface area contributed by atoms with Crippen LogP contribution < -0.4 is 5.32 Å². The van der Waals surface area contributed by atoms with Gasteiger partial charge in [-0.3, -0.25) is 57.6 Å². The van der Waals surface area contributed by atoms with Crippen molar-refractivity contribution in [3.05, 3.63) is 24.3 Å². The van der Waals surface area contributed by atoms with Crippen LogP contribution in [-0.2, 0) is 59.3 Å². The summed E-state index contributed by atoms with van der Waals surface area (Å²) < 4.78 is 0. The molecule has 1 fully saturated rings. The average molecular weight is 1310 g/mol. The number of rotatable bonds is 18. The SMILES string of the molecule is CC[C@H]1CC(=O)[C@@H]([C@H](O)[C@H](C)CCN(C)Cc2ncccn2)N(C)C(=O)[C@@H](C(C)C)N(C)C(=O)[C@@H](CC(C)C)N(C)C(=O)[C@@H](CC(C)C)N(C)C(=O)[C@H](C)NC(=O)[C@@H](C)CC(=O)[C@@H](CC(C)C)N(C)C(=O)[C@@H](C(C)C)CC(=O)[C@H](CC(C)C)N(C)C(=O)[C@@H](C)N(C)C1=O. The number of Topliss-reactive ketones (excluding diaryl/α,β-unsaturated/α-hetero) is 3. The Labute approximate surface area is 557 Å². The van der Waals surface area contributed by atoms with Gasteiger partial charge in [-0.05, 0) is 113 Å². The van der Waals surface area contributed by atoms with Crippen molar-refractivity contribution in [3.8, 4) is 0 Å². The lowest BCUT2D eigenvalue weighted by molar-refractivity contribution is -0.157. The summed E-state index contributed by atoms with van der Waals surface area (Å²) in [7, 11) is 12.2. The number of aliphatic hydroxyl groups is 1. The number of carbonyl (C=O) groups excluding carboxylic acids is 11. The van der Waals surface area contributed by atoms with E-state index in [1.165, 1.54) is 97.5 Å². The molecule has 1 aromatic heterocycles. The number of aromatic nitrogens is 2. The van der Waals surface area contributed by atoms with Crippen LogP contribution in [-0.4, -0.2) is 236 Å². The number of nitrogens with zero attached hydrogens (tertiary/aromatic N) is 10. The second-order valence-electron chi connectivity index (χ2n) is 29.3. The van der Waals surface area contributed by atoms with E-state index in [4.69, 9.17) is 0 Å². The van der Waals surface area contributed by atoms with Crippen molar-refractivity contribution < 1.29 is 57.8 Å². The second-order valence-corrected chi connectivity index (χ2v) is 29.3. The van der Waals surface area contributed by atoms with Crippen LogP contribution in [0.4, 0.5) is 0 Å². The molecule has 1 aliphatic heterocycles. The molecule has 1 aromatic rings. The van der Waals surface area contributed by atoms with E-state index in [1.54, 1.807) is 53.1 Å². The zero-order valence-electron chi connectivity index (χ0n) is 61.4. The van der Waals surface area contributed by atoms with Gasteiger partial charge in [-0.15, -0.1) is 0 Å². The molecule has 0 radical (unpaired) electrons. The van der Waals surface area contributed by atoms with E-state index < -0.39 is 161 Å². The third-order valence-corrected chi connectivity index (χ3v) is 18.8. The predicted molar refractivity (Wildman–Crippen MR) is 360 cm³/mol. The number of hydrogen-bond acceptors (Lipinski definition) is 15. The Morgan fingerprint density at radius 2 is 0.935 bits per heavy atom. The van der Waals surface area contributed by atoms with E-state index in [0.717, 1.165) is 0 Å². The molecular formula is C70H121N11O12. The first-order chi connectivity index (χ1) is 43.0. The predicted octanol–water partition coefficient (Wildman–Crippen LogP) is 6.28. The highest BCUT2D eigenvalue weighted by Gasteiger charge is 2.46. The summed E-state index contributed by atoms with van der Waals surface area (Å²) in [6, 6.07) is -7.72. The van der Waals surface area contributed by atoms with Crippen molar-refractivity contribution >= 4 is 64.6 Å². The van der Waals surface area contributed by atoms with Crippen LogP contribution in [0.2, 0.25) is 0 Å². The molecule has 93 heavy (non-hydrogen) atoms. The summed E-state index contributed by atoms with van der Waals surface area (Å²) in [5.41, 5.74) is 0. The van der Waals surface area contributed by atoms with Crippen LogP contribution in [0.1, 0.15) is 181 Å². The first-order valence-corrected chi connectivity index (χ1v) is 33.9. The first-order valence-electron chi connectivity index (χ1n) is 33.9. The van der Waals surface area contributed by atoms with Gasteiger partial charge in [-0.1, -0.05) is 104 Å². The molecule has 2 N–H and O–H groups in total. The summed E-state index contributed by atoms with van der Waals surface area (Å²) in [4.78, 5) is 183. The summed E-state index contributed by atoms with van der Waals surface area (Å²) in [5, 5.41) is 15.3. The molecular weight excluding hydrogens is 1190 g/mol. The Hall–Kier alpha value is -6.23. The summed E-state index contributed by atoms with van der Waals surface area (Å²) >= 11 is 0. The molecule has 0 bridgehead atoms. The van der Waals surface area contributed by atoms with Crippen molar-refractivity contribution in [3.63, 3.8) is 0 Å². The van der Waals surface area contributed by atoms with Gasteiger partial charge in [0.25, 0.3) is 0 Å². The van der Waals surface area contributed by atoms with Crippen LogP contribution in [0.5, 0.6) is 0 Å². The number of ketones is 3. The summed E-state index contributed by atoms with van der Waals surface area (Å²) in [6.07, 6.45) is 2.04. The Morgan fingerprint density at radius 1 is 0.505 bits per heavy atom. The Kier molecular flexibility index (Phi) is 33.6. The largest absolute Gasteiger partial charge is 0.390 e. The van der Waals surface area contributed by atoms with E-state index in [2.05, 4.69) is 15.3 Å². The van der Waals surface area contributed by atoms with Crippen LogP contribution in [0.25, 0.3) is 0 Å². The normalized spacial score (nSPS) is 26.6. The lowest BCUT2D eigenvalue weighted by atomic mass is 9.84. The quantitative estimate of drug-likeness (QED) is 0.164. The minimum Gasteiger partial charge on any atom is -0.390 e. The topological polar surface area (TPSA) is 272 Å². The van der Waals surface area contributed by atoms with E-state index in [-0.39, 0.29) is 68.6 Å². The minimum atomic E-state index is -1.54. The fourth-order valence-electron chi connectivity index (χ4n) is 12.6. The van der Waals surface area contributed by atoms with Crippen LogP contribution >= 0.6 is 0 Å². The molecule has 1 aliphatic rings. The molecule has 1 saturated heterocycles. The molecule has 0 aromatic carbocycles. The van der Waals surface area contributed by atoms with Gasteiger partial charge in [0, 0.05) is 98.7 Å². The second kappa shape index (κ2) is 37.8. The number of carbonyl (C=O) groups is 11. The van der Waals surface area contributed by atoms with Crippen LogP contribution in [0, 0.1) is 59.2 Å². The zero-order chi connectivity index (χ0) is 71.5. The summed E-state index contributed by atoms with van der Waals surface area (Å²) in [6.45, 7) is 31.2. The molecule has 8 amide bonds. The van der Waals surface area contributed by atoms with E-state index >= 15 is 19.2 Å². The van der Waals surface area contributed by atoms with E-state index in [1.807, 2.05) is 81.2 Å². The minimum absolute atomic E-state index is 0.0750.